The molecule has 0 aromatic carbocycles. The molecule has 0 spiro atoms. The van der Waals surface area contributed by atoms with Gasteiger partial charge in [0.25, 0.3) is 5.91 Å². The Kier molecular flexibility index (Phi) is 4.84. The Hall–Kier alpha value is -2.21. The van der Waals surface area contributed by atoms with E-state index in [4.69, 9.17) is 9.26 Å². The summed E-state index contributed by atoms with van der Waals surface area (Å²) in [5.41, 5.74) is 1.72. The van der Waals surface area contributed by atoms with Gasteiger partial charge in [-0.2, -0.15) is 0 Å². The van der Waals surface area contributed by atoms with Gasteiger partial charge in [0.15, 0.2) is 5.76 Å². The van der Waals surface area contributed by atoms with E-state index in [0.717, 1.165) is 5.56 Å². The summed E-state index contributed by atoms with van der Waals surface area (Å²) in [5.74, 6) is 0.215. The molecule has 1 amide bonds. The van der Waals surface area contributed by atoms with Gasteiger partial charge in [0.1, 0.15) is 5.56 Å². The molecule has 2 aromatic heterocycles. The highest BCUT2D eigenvalue weighted by Gasteiger charge is 2.21. The summed E-state index contributed by atoms with van der Waals surface area (Å²) >= 11 is 0. The van der Waals surface area contributed by atoms with Crippen LogP contribution in [0.5, 0.6) is 0 Å². The van der Waals surface area contributed by atoms with Crippen molar-refractivity contribution in [3.05, 3.63) is 35.8 Å². The number of hydrogen-bond donors (Lipinski definition) is 1. The number of carbonyl (C=O) groups excluding carboxylic acids is 1. The summed E-state index contributed by atoms with van der Waals surface area (Å²) in [6.45, 7) is 5.20. The molecular formula is C14H17N3O3. The molecule has 6 heteroatoms. The number of aromatic nitrogens is 2. The van der Waals surface area contributed by atoms with Gasteiger partial charge in [-0.15, -0.1) is 0 Å². The van der Waals surface area contributed by atoms with Gasteiger partial charge in [-0.25, -0.2) is 0 Å². The van der Waals surface area contributed by atoms with Crippen molar-refractivity contribution >= 4 is 5.91 Å². The lowest BCUT2D eigenvalue weighted by Gasteiger charge is -2.05. The van der Waals surface area contributed by atoms with Crippen molar-refractivity contribution in [2.24, 2.45) is 0 Å². The van der Waals surface area contributed by atoms with Crippen LogP contribution in [0.3, 0.4) is 0 Å². The van der Waals surface area contributed by atoms with Gasteiger partial charge in [-0.05, 0) is 26.0 Å². The number of amides is 1. The van der Waals surface area contributed by atoms with Gasteiger partial charge < -0.3 is 14.6 Å². The lowest BCUT2D eigenvalue weighted by Crippen LogP contribution is -2.27. The second kappa shape index (κ2) is 6.81. The van der Waals surface area contributed by atoms with E-state index in [1.807, 2.05) is 13.0 Å². The van der Waals surface area contributed by atoms with E-state index >= 15 is 0 Å². The summed E-state index contributed by atoms with van der Waals surface area (Å²) in [6.07, 6.45) is 3.30. The molecule has 6 nitrogen and oxygen atoms in total. The minimum absolute atomic E-state index is 0.220. The molecule has 0 aliphatic carbocycles. The molecule has 0 atom stereocenters. The minimum atomic E-state index is -0.220. The summed E-state index contributed by atoms with van der Waals surface area (Å²) < 4.78 is 10.4. The average Bonchev–Trinajstić information content (AvgIpc) is 2.86. The number of aryl methyl sites for hydroxylation is 1. The molecule has 0 fully saturated rings. The fraction of sp³-hybridized carbons (Fsp3) is 0.357. The van der Waals surface area contributed by atoms with Crippen LogP contribution in [0.15, 0.2) is 29.0 Å². The monoisotopic (exact) mass is 275 g/mol. The first-order valence-corrected chi connectivity index (χ1v) is 6.46. The third-order valence-corrected chi connectivity index (χ3v) is 2.75. The number of nitrogens with zero attached hydrogens (tertiary/aromatic N) is 2. The molecular weight excluding hydrogens is 258 g/mol. The van der Waals surface area contributed by atoms with Gasteiger partial charge in [-0.1, -0.05) is 5.16 Å². The van der Waals surface area contributed by atoms with E-state index < -0.39 is 0 Å². The van der Waals surface area contributed by atoms with Gasteiger partial charge >= 0.3 is 0 Å². The molecule has 0 bridgehead atoms. The van der Waals surface area contributed by atoms with Crippen molar-refractivity contribution in [3.63, 3.8) is 0 Å². The molecule has 106 valence electrons. The first-order valence-electron chi connectivity index (χ1n) is 6.46. The van der Waals surface area contributed by atoms with Crippen LogP contribution >= 0.6 is 0 Å². The maximum Gasteiger partial charge on any atom is 0.257 e. The van der Waals surface area contributed by atoms with Crippen LogP contribution in [0.4, 0.5) is 0 Å². The van der Waals surface area contributed by atoms with Crippen LogP contribution in [0.25, 0.3) is 11.3 Å². The van der Waals surface area contributed by atoms with Crippen molar-refractivity contribution in [2.75, 3.05) is 19.8 Å². The summed E-state index contributed by atoms with van der Waals surface area (Å²) in [5, 5.41) is 6.65. The third kappa shape index (κ3) is 3.21. The first-order chi connectivity index (χ1) is 9.74. The molecule has 0 saturated heterocycles. The largest absolute Gasteiger partial charge is 0.380 e. The van der Waals surface area contributed by atoms with E-state index in [-0.39, 0.29) is 5.91 Å². The van der Waals surface area contributed by atoms with Crippen LogP contribution in [-0.2, 0) is 4.74 Å². The van der Waals surface area contributed by atoms with Crippen LogP contribution in [0, 0.1) is 6.92 Å². The van der Waals surface area contributed by atoms with Gasteiger partial charge in [-0.3, -0.25) is 9.78 Å². The fourth-order valence-corrected chi connectivity index (χ4v) is 1.80. The van der Waals surface area contributed by atoms with E-state index in [9.17, 15) is 4.79 Å². The van der Waals surface area contributed by atoms with Crippen molar-refractivity contribution in [1.82, 2.24) is 15.5 Å². The predicted molar refractivity (Wildman–Crippen MR) is 73.3 cm³/mol. The molecule has 1 N–H and O–H groups in total. The zero-order chi connectivity index (χ0) is 14.4. The van der Waals surface area contributed by atoms with Gasteiger partial charge in [0.05, 0.1) is 12.3 Å². The van der Waals surface area contributed by atoms with Crippen LogP contribution < -0.4 is 5.32 Å². The summed E-state index contributed by atoms with van der Waals surface area (Å²) in [6, 6.07) is 3.61. The first kappa shape index (κ1) is 14.2. The molecule has 0 saturated carbocycles. The van der Waals surface area contributed by atoms with Crippen molar-refractivity contribution in [1.29, 1.82) is 0 Å². The highest BCUT2D eigenvalue weighted by Crippen LogP contribution is 2.25. The summed E-state index contributed by atoms with van der Waals surface area (Å²) in [7, 11) is 0. The van der Waals surface area contributed by atoms with Crippen LogP contribution in [0.2, 0.25) is 0 Å². The molecule has 20 heavy (non-hydrogen) atoms. The SMILES string of the molecule is CCOCCNC(=O)c1c(C)noc1-c1cccnc1. The smallest absolute Gasteiger partial charge is 0.257 e. The van der Waals surface area contributed by atoms with Crippen molar-refractivity contribution in [3.8, 4) is 11.3 Å². The second-order valence-corrected chi connectivity index (χ2v) is 4.17. The molecule has 0 aliphatic rings. The van der Waals surface area contributed by atoms with E-state index in [2.05, 4.69) is 15.5 Å². The Labute approximate surface area is 117 Å². The highest BCUT2D eigenvalue weighted by atomic mass is 16.5. The topological polar surface area (TPSA) is 77.2 Å². The second-order valence-electron chi connectivity index (χ2n) is 4.17. The Balaban J connectivity index is 2.15. The van der Waals surface area contributed by atoms with Crippen molar-refractivity contribution < 1.29 is 14.1 Å². The van der Waals surface area contributed by atoms with E-state index in [1.165, 1.54) is 0 Å². The fourth-order valence-electron chi connectivity index (χ4n) is 1.80. The molecule has 0 aliphatic heterocycles. The van der Waals surface area contributed by atoms with Gasteiger partial charge in [0, 0.05) is 31.1 Å². The maximum atomic E-state index is 12.2. The molecule has 2 heterocycles. The number of hydrogen-bond acceptors (Lipinski definition) is 5. The number of ether oxygens (including phenoxy) is 1. The Morgan fingerprint density at radius 2 is 2.35 bits per heavy atom. The highest BCUT2D eigenvalue weighted by molar-refractivity contribution is 6.00. The Bertz CT molecular complexity index is 566. The molecule has 0 unspecified atom stereocenters. The average molecular weight is 275 g/mol. The molecule has 2 rings (SSSR count). The minimum Gasteiger partial charge on any atom is -0.380 e. The Morgan fingerprint density at radius 3 is 3.05 bits per heavy atom. The quantitative estimate of drug-likeness (QED) is 0.813. The lowest BCUT2D eigenvalue weighted by atomic mass is 10.1. The van der Waals surface area contributed by atoms with Crippen LogP contribution in [-0.4, -0.2) is 35.8 Å². The number of nitrogens with one attached hydrogen (secondary N) is 1. The zero-order valence-electron chi connectivity index (χ0n) is 11.5. The van der Waals surface area contributed by atoms with E-state index in [0.29, 0.717) is 36.8 Å². The van der Waals surface area contributed by atoms with Crippen molar-refractivity contribution in [2.45, 2.75) is 13.8 Å². The van der Waals surface area contributed by atoms with Gasteiger partial charge in [0.2, 0.25) is 0 Å². The number of pyridine rings is 1. The molecule has 2 aromatic rings. The number of carbonyl (C=O) groups is 1. The zero-order valence-corrected chi connectivity index (χ0v) is 11.5. The van der Waals surface area contributed by atoms with Crippen LogP contribution in [0.1, 0.15) is 23.0 Å². The normalized spacial score (nSPS) is 10.5. The predicted octanol–water partition coefficient (Wildman–Crippen LogP) is 1.81. The van der Waals surface area contributed by atoms with E-state index in [1.54, 1.807) is 25.4 Å². The molecule has 0 radical (unpaired) electrons. The standard InChI is InChI=1S/C14H17N3O3/c1-3-19-8-7-16-14(18)12-10(2)17-20-13(12)11-5-4-6-15-9-11/h4-6,9H,3,7-8H2,1-2H3,(H,16,18). The number of rotatable bonds is 6. The third-order valence-electron chi connectivity index (χ3n) is 2.75. The lowest BCUT2D eigenvalue weighted by molar-refractivity contribution is 0.0922. The maximum absolute atomic E-state index is 12.2. The Morgan fingerprint density at radius 1 is 1.50 bits per heavy atom. The summed E-state index contributed by atoms with van der Waals surface area (Å²) in [4.78, 5) is 16.2.